The van der Waals surface area contributed by atoms with Crippen molar-refractivity contribution in [1.82, 2.24) is 15.6 Å². The van der Waals surface area contributed by atoms with E-state index in [1.54, 1.807) is 11.3 Å². The van der Waals surface area contributed by atoms with E-state index in [0.29, 0.717) is 12.3 Å². The Bertz CT molecular complexity index is 630. The third-order valence-corrected chi connectivity index (χ3v) is 5.02. The number of amides is 1. The van der Waals surface area contributed by atoms with Gasteiger partial charge in [0.2, 0.25) is 5.91 Å². The number of rotatable bonds is 6. The van der Waals surface area contributed by atoms with Gasteiger partial charge in [-0.15, -0.1) is 36.2 Å². The Labute approximate surface area is 165 Å². The summed E-state index contributed by atoms with van der Waals surface area (Å²) in [6, 6.07) is 10.3. The lowest BCUT2D eigenvalue weighted by atomic mass is 10.00. The SMILES string of the molecule is Cl.Cl.O=C(Cc1csc(Cc2ccccc2)n1)NCC1CCCNC1. The molecule has 3 rings (SSSR count). The van der Waals surface area contributed by atoms with E-state index in [4.69, 9.17) is 0 Å². The zero-order chi connectivity index (χ0) is 15.9. The van der Waals surface area contributed by atoms with Gasteiger partial charge >= 0.3 is 0 Å². The topological polar surface area (TPSA) is 54.0 Å². The molecule has 1 aromatic carbocycles. The summed E-state index contributed by atoms with van der Waals surface area (Å²) < 4.78 is 0. The molecule has 0 spiro atoms. The van der Waals surface area contributed by atoms with Crippen LogP contribution in [0.3, 0.4) is 0 Å². The molecule has 0 saturated carbocycles. The fourth-order valence-electron chi connectivity index (χ4n) is 2.87. The Kier molecular flexibility index (Phi) is 10.0. The van der Waals surface area contributed by atoms with Crippen molar-refractivity contribution >= 4 is 42.1 Å². The summed E-state index contributed by atoms with van der Waals surface area (Å²) in [6.45, 7) is 2.89. The highest BCUT2D eigenvalue weighted by Gasteiger charge is 2.14. The predicted octanol–water partition coefficient (Wildman–Crippen LogP) is 3.24. The molecule has 2 aromatic rings. The largest absolute Gasteiger partial charge is 0.355 e. The first-order valence-electron chi connectivity index (χ1n) is 8.24. The summed E-state index contributed by atoms with van der Waals surface area (Å²) in [5.41, 5.74) is 2.13. The van der Waals surface area contributed by atoms with Crippen LogP contribution in [0.2, 0.25) is 0 Å². The molecule has 1 aliphatic heterocycles. The predicted molar refractivity (Wildman–Crippen MR) is 108 cm³/mol. The molecule has 1 aliphatic rings. The first kappa shape index (κ1) is 21.9. The van der Waals surface area contributed by atoms with Crippen LogP contribution in [0.25, 0.3) is 0 Å². The van der Waals surface area contributed by atoms with Gasteiger partial charge < -0.3 is 10.6 Å². The highest BCUT2D eigenvalue weighted by molar-refractivity contribution is 7.09. The highest BCUT2D eigenvalue weighted by Crippen LogP contribution is 2.15. The highest BCUT2D eigenvalue weighted by atomic mass is 35.5. The summed E-state index contributed by atoms with van der Waals surface area (Å²) in [7, 11) is 0. The van der Waals surface area contributed by atoms with E-state index in [2.05, 4.69) is 27.8 Å². The van der Waals surface area contributed by atoms with Crippen LogP contribution < -0.4 is 10.6 Å². The lowest BCUT2D eigenvalue weighted by Gasteiger charge is -2.22. The molecule has 1 saturated heterocycles. The van der Waals surface area contributed by atoms with Crippen LogP contribution in [0, 0.1) is 5.92 Å². The van der Waals surface area contributed by atoms with Gasteiger partial charge in [0.15, 0.2) is 0 Å². The lowest BCUT2D eigenvalue weighted by molar-refractivity contribution is -0.120. The summed E-state index contributed by atoms with van der Waals surface area (Å²) >= 11 is 1.63. The van der Waals surface area contributed by atoms with Crippen molar-refractivity contribution in [2.75, 3.05) is 19.6 Å². The Morgan fingerprint density at radius 1 is 1.28 bits per heavy atom. The zero-order valence-electron chi connectivity index (χ0n) is 14.1. The zero-order valence-corrected chi connectivity index (χ0v) is 16.5. The Morgan fingerprint density at radius 3 is 2.80 bits per heavy atom. The molecule has 1 fully saturated rings. The first-order chi connectivity index (χ1) is 11.3. The van der Waals surface area contributed by atoms with Crippen molar-refractivity contribution in [3.63, 3.8) is 0 Å². The van der Waals surface area contributed by atoms with Gasteiger partial charge in [-0.2, -0.15) is 0 Å². The molecule has 0 radical (unpaired) electrons. The molecule has 1 amide bonds. The number of thiazole rings is 1. The van der Waals surface area contributed by atoms with Crippen LogP contribution in [-0.4, -0.2) is 30.5 Å². The van der Waals surface area contributed by atoms with E-state index in [9.17, 15) is 4.79 Å². The van der Waals surface area contributed by atoms with Crippen LogP contribution in [0.15, 0.2) is 35.7 Å². The van der Waals surface area contributed by atoms with Crippen molar-refractivity contribution in [1.29, 1.82) is 0 Å². The maximum atomic E-state index is 12.1. The Morgan fingerprint density at radius 2 is 2.08 bits per heavy atom. The van der Waals surface area contributed by atoms with Crippen molar-refractivity contribution in [2.24, 2.45) is 5.92 Å². The van der Waals surface area contributed by atoms with E-state index in [0.717, 1.165) is 36.8 Å². The maximum absolute atomic E-state index is 12.1. The summed E-state index contributed by atoms with van der Waals surface area (Å²) in [4.78, 5) is 16.6. The smallest absolute Gasteiger partial charge is 0.226 e. The third kappa shape index (κ3) is 7.32. The first-order valence-corrected chi connectivity index (χ1v) is 9.12. The summed E-state index contributed by atoms with van der Waals surface area (Å²) in [5.74, 6) is 0.643. The number of carbonyl (C=O) groups is 1. The van der Waals surface area contributed by atoms with Gasteiger partial charge in [-0.25, -0.2) is 4.98 Å². The van der Waals surface area contributed by atoms with Crippen LogP contribution in [0.5, 0.6) is 0 Å². The second-order valence-corrected chi connectivity index (χ2v) is 7.03. The summed E-state index contributed by atoms with van der Waals surface area (Å²) in [6.07, 6.45) is 3.62. The van der Waals surface area contributed by atoms with Gasteiger partial charge in [0, 0.05) is 18.3 Å². The van der Waals surface area contributed by atoms with Gasteiger partial charge in [-0.3, -0.25) is 4.79 Å². The average molecular weight is 402 g/mol. The monoisotopic (exact) mass is 401 g/mol. The van der Waals surface area contributed by atoms with Gasteiger partial charge in [0.05, 0.1) is 17.1 Å². The maximum Gasteiger partial charge on any atom is 0.226 e. The minimum Gasteiger partial charge on any atom is -0.355 e. The second kappa shape index (κ2) is 11.5. The molecule has 0 aliphatic carbocycles. The number of nitrogens with one attached hydrogen (secondary N) is 2. The second-order valence-electron chi connectivity index (χ2n) is 6.09. The molecular weight excluding hydrogens is 377 g/mol. The molecular formula is C18H25Cl2N3OS. The van der Waals surface area contributed by atoms with E-state index < -0.39 is 0 Å². The van der Waals surface area contributed by atoms with Crippen LogP contribution >= 0.6 is 36.2 Å². The third-order valence-electron chi connectivity index (χ3n) is 4.13. The number of nitrogens with zero attached hydrogens (tertiary/aromatic N) is 1. The normalized spacial score (nSPS) is 16.4. The fourth-order valence-corrected chi connectivity index (χ4v) is 3.69. The van der Waals surface area contributed by atoms with Gasteiger partial charge in [-0.05, 0) is 37.4 Å². The number of carbonyl (C=O) groups excluding carboxylic acids is 1. The number of benzene rings is 1. The van der Waals surface area contributed by atoms with Gasteiger partial charge in [0.25, 0.3) is 0 Å². The van der Waals surface area contributed by atoms with Crippen LogP contribution in [0.4, 0.5) is 0 Å². The van der Waals surface area contributed by atoms with Crippen LogP contribution in [0.1, 0.15) is 29.1 Å². The van der Waals surface area contributed by atoms with E-state index >= 15 is 0 Å². The molecule has 7 heteroatoms. The molecule has 2 N–H and O–H groups in total. The lowest BCUT2D eigenvalue weighted by Crippen LogP contribution is -2.38. The van der Waals surface area contributed by atoms with E-state index in [-0.39, 0.29) is 30.7 Å². The average Bonchev–Trinajstić information content (AvgIpc) is 3.02. The number of aromatic nitrogens is 1. The fraction of sp³-hybridized carbons (Fsp3) is 0.444. The van der Waals surface area contributed by atoms with Gasteiger partial charge in [0.1, 0.15) is 0 Å². The minimum absolute atomic E-state index is 0. The van der Waals surface area contributed by atoms with Crippen LogP contribution in [-0.2, 0) is 17.6 Å². The van der Waals surface area contributed by atoms with Crippen molar-refractivity contribution in [3.05, 3.63) is 52.0 Å². The molecule has 1 atom stereocenters. The summed E-state index contributed by atoms with van der Waals surface area (Å²) in [5, 5.41) is 9.48. The molecule has 25 heavy (non-hydrogen) atoms. The number of hydrogen-bond donors (Lipinski definition) is 2. The molecule has 1 unspecified atom stereocenters. The minimum atomic E-state index is 0. The molecule has 0 bridgehead atoms. The van der Waals surface area contributed by atoms with Crippen molar-refractivity contribution in [3.8, 4) is 0 Å². The number of piperidine rings is 1. The number of hydrogen-bond acceptors (Lipinski definition) is 4. The Hall–Kier alpha value is -1.14. The Balaban J connectivity index is 0.00000156. The van der Waals surface area contributed by atoms with Gasteiger partial charge in [-0.1, -0.05) is 30.3 Å². The van der Waals surface area contributed by atoms with E-state index in [1.807, 2.05) is 23.6 Å². The number of halogens is 2. The van der Waals surface area contributed by atoms with Crippen molar-refractivity contribution in [2.45, 2.75) is 25.7 Å². The quantitative estimate of drug-likeness (QED) is 0.780. The molecule has 2 heterocycles. The molecule has 138 valence electrons. The van der Waals surface area contributed by atoms with Crippen molar-refractivity contribution < 1.29 is 4.79 Å². The standard InChI is InChI=1S/C18H23N3OS.2ClH/c22-17(20-12-15-7-4-8-19-11-15)10-16-13-23-18(21-16)9-14-5-2-1-3-6-14;;/h1-3,5-6,13,15,19H,4,7-12H2,(H,20,22);2*1H. The van der Waals surface area contributed by atoms with E-state index in [1.165, 1.54) is 18.4 Å². The molecule has 1 aromatic heterocycles. The molecule has 4 nitrogen and oxygen atoms in total.